The zero-order valence-corrected chi connectivity index (χ0v) is 22.5. The molecule has 1 fully saturated rings. The van der Waals surface area contributed by atoms with E-state index in [2.05, 4.69) is 11.9 Å². The first-order valence-corrected chi connectivity index (χ1v) is 12.6. The van der Waals surface area contributed by atoms with Gasteiger partial charge in [0.05, 0.1) is 39.6 Å². The van der Waals surface area contributed by atoms with Crippen LogP contribution in [-0.2, 0) is 16.1 Å². The molecule has 0 bridgehead atoms. The number of aliphatic hydroxyl groups excluding tert-OH is 1. The van der Waals surface area contributed by atoms with E-state index in [1.165, 1.54) is 26.2 Å². The smallest absolute Gasteiger partial charge is 0.295 e. The molecule has 3 aromatic rings. The summed E-state index contributed by atoms with van der Waals surface area (Å²) < 4.78 is 22.1. The van der Waals surface area contributed by atoms with E-state index in [1.807, 2.05) is 6.07 Å². The molecule has 1 N–H and O–H groups in total. The summed E-state index contributed by atoms with van der Waals surface area (Å²) in [7, 11) is 4.51. The number of aliphatic hydroxyl groups is 1. The van der Waals surface area contributed by atoms with Crippen LogP contribution < -0.4 is 18.9 Å². The fourth-order valence-electron chi connectivity index (χ4n) is 4.52. The first-order valence-electron chi connectivity index (χ1n) is 12.6. The number of ketones is 1. The largest absolute Gasteiger partial charge is 0.507 e. The van der Waals surface area contributed by atoms with E-state index < -0.39 is 17.7 Å². The molecule has 0 aliphatic carbocycles. The third kappa shape index (κ3) is 5.67. The Morgan fingerprint density at radius 2 is 1.67 bits per heavy atom. The summed E-state index contributed by atoms with van der Waals surface area (Å²) in [4.78, 5) is 32.4. The summed E-state index contributed by atoms with van der Waals surface area (Å²) >= 11 is 0. The van der Waals surface area contributed by atoms with Crippen LogP contribution in [0.2, 0.25) is 0 Å². The molecular weight excluding hydrogens is 500 g/mol. The lowest BCUT2D eigenvalue weighted by atomic mass is 9.94. The number of rotatable bonds is 11. The summed E-state index contributed by atoms with van der Waals surface area (Å²) in [5.41, 5.74) is 1.59. The summed E-state index contributed by atoms with van der Waals surface area (Å²) in [6, 6.07) is 12.7. The number of aromatic nitrogens is 1. The molecule has 9 nitrogen and oxygen atoms in total. The quantitative estimate of drug-likeness (QED) is 0.161. The van der Waals surface area contributed by atoms with Gasteiger partial charge in [-0.05, 0) is 53.9 Å². The van der Waals surface area contributed by atoms with Crippen LogP contribution in [0.25, 0.3) is 5.76 Å². The number of amides is 1. The van der Waals surface area contributed by atoms with Crippen LogP contribution in [0.15, 0.2) is 66.5 Å². The zero-order chi connectivity index (χ0) is 27.9. The Bertz CT molecular complexity index is 1370. The number of carbonyl (C=O) groups is 2. The maximum atomic E-state index is 13.4. The number of benzene rings is 2. The van der Waals surface area contributed by atoms with E-state index in [-0.39, 0.29) is 17.9 Å². The number of ether oxygens (including phenoxy) is 4. The molecular formula is C30H32N2O7. The predicted octanol–water partition coefficient (Wildman–Crippen LogP) is 4.91. The fourth-order valence-corrected chi connectivity index (χ4v) is 4.52. The van der Waals surface area contributed by atoms with Crippen molar-refractivity contribution in [3.05, 3.63) is 83.2 Å². The third-order valence-electron chi connectivity index (χ3n) is 6.53. The number of carbonyl (C=O) groups excluding carboxylic acids is 2. The van der Waals surface area contributed by atoms with E-state index >= 15 is 0 Å². The zero-order valence-electron chi connectivity index (χ0n) is 22.5. The van der Waals surface area contributed by atoms with Crippen molar-refractivity contribution in [2.24, 2.45) is 0 Å². The predicted molar refractivity (Wildman–Crippen MR) is 145 cm³/mol. The van der Waals surface area contributed by atoms with Crippen LogP contribution >= 0.6 is 0 Å². The maximum Gasteiger partial charge on any atom is 0.295 e. The van der Waals surface area contributed by atoms with Gasteiger partial charge >= 0.3 is 0 Å². The molecule has 39 heavy (non-hydrogen) atoms. The lowest BCUT2D eigenvalue weighted by molar-refractivity contribution is -0.140. The highest BCUT2D eigenvalue weighted by Gasteiger charge is 2.46. The highest BCUT2D eigenvalue weighted by molar-refractivity contribution is 6.46. The summed E-state index contributed by atoms with van der Waals surface area (Å²) in [6.07, 6.45) is 5.14. The maximum absolute atomic E-state index is 13.4. The Kier molecular flexibility index (Phi) is 8.70. The van der Waals surface area contributed by atoms with Gasteiger partial charge in [0, 0.05) is 24.5 Å². The molecule has 2 heterocycles. The van der Waals surface area contributed by atoms with Crippen molar-refractivity contribution in [1.29, 1.82) is 0 Å². The Morgan fingerprint density at radius 3 is 2.33 bits per heavy atom. The van der Waals surface area contributed by atoms with Crippen molar-refractivity contribution in [2.75, 3.05) is 27.9 Å². The van der Waals surface area contributed by atoms with Gasteiger partial charge < -0.3 is 29.0 Å². The SMILES string of the molecule is CCCCOc1ccc(C2/C(=C(/O)c3ccc(OC)c(OC)c3)C(=O)C(=O)N2Cc2cccnc2)cc1OC. The minimum atomic E-state index is -0.892. The van der Waals surface area contributed by atoms with Crippen molar-refractivity contribution < 1.29 is 33.6 Å². The van der Waals surface area contributed by atoms with Gasteiger partial charge in [0.15, 0.2) is 23.0 Å². The topological polar surface area (TPSA) is 107 Å². The van der Waals surface area contributed by atoms with Crippen molar-refractivity contribution in [3.63, 3.8) is 0 Å². The van der Waals surface area contributed by atoms with Gasteiger partial charge in [-0.3, -0.25) is 14.6 Å². The monoisotopic (exact) mass is 532 g/mol. The van der Waals surface area contributed by atoms with E-state index in [0.717, 1.165) is 18.4 Å². The molecule has 1 atom stereocenters. The number of nitrogens with zero attached hydrogens (tertiary/aromatic N) is 2. The molecule has 1 aliphatic heterocycles. The number of pyridine rings is 1. The summed E-state index contributed by atoms with van der Waals surface area (Å²) in [5, 5.41) is 11.4. The van der Waals surface area contributed by atoms with Gasteiger partial charge in [0.1, 0.15) is 5.76 Å². The van der Waals surface area contributed by atoms with E-state index in [9.17, 15) is 14.7 Å². The van der Waals surface area contributed by atoms with Gasteiger partial charge in [-0.2, -0.15) is 0 Å². The number of methoxy groups -OCH3 is 3. The standard InChI is InChI=1S/C30H32N2O7/c1-5-6-14-39-23-12-9-20(15-25(23)38-4)27-26(28(33)21-10-11-22(36-2)24(16-21)37-3)29(34)30(35)32(27)18-19-8-7-13-31-17-19/h7-13,15-17,27,33H,5-6,14,18H2,1-4H3/b28-26-. The third-order valence-corrected chi connectivity index (χ3v) is 6.53. The lowest BCUT2D eigenvalue weighted by Crippen LogP contribution is -2.29. The van der Waals surface area contributed by atoms with Crippen LogP contribution in [0.5, 0.6) is 23.0 Å². The Morgan fingerprint density at radius 1 is 0.949 bits per heavy atom. The lowest BCUT2D eigenvalue weighted by Gasteiger charge is -2.26. The normalized spacial score (nSPS) is 16.3. The molecule has 4 rings (SSSR count). The number of Topliss-reactive ketones (excluding diaryl/α,β-unsaturated/α-hetero) is 1. The average molecular weight is 533 g/mol. The Balaban J connectivity index is 1.85. The molecule has 1 unspecified atom stereocenters. The molecule has 2 aromatic carbocycles. The highest BCUT2D eigenvalue weighted by Crippen LogP contribution is 2.43. The molecule has 1 saturated heterocycles. The first-order chi connectivity index (χ1) is 18.9. The fraction of sp³-hybridized carbons (Fsp3) is 0.300. The molecule has 0 spiro atoms. The van der Waals surface area contributed by atoms with Gasteiger partial charge in [0.25, 0.3) is 11.7 Å². The van der Waals surface area contributed by atoms with Crippen molar-refractivity contribution >= 4 is 17.4 Å². The molecule has 1 aromatic heterocycles. The van der Waals surface area contributed by atoms with Gasteiger partial charge in [0.2, 0.25) is 0 Å². The Labute approximate surface area is 227 Å². The summed E-state index contributed by atoms with van der Waals surface area (Å²) in [6.45, 7) is 2.72. The average Bonchev–Trinajstić information content (AvgIpc) is 3.22. The second-order valence-corrected chi connectivity index (χ2v) is 8.97. The molecule has 1 amide bonds. The first kappa shape index (κ1) is 27.5. The molecule has 9 heteroatoms. The van der Waals surface area contributed by atoms with Crippen LogP contribution in [0.3, 0.4) is 0 Å². The molecule has 0 radical (unpaired) electrons. The van der Waals surface area contributed by atoms with Crippen molar-refractivity contribution in [1.82, 2.24) is 9.88 Å². The van der Waals surface area contributed by atoms with Crippen LogP contribution in [0.1, 0.15) is 42.5 Å². The minimum Gasteiger partial charge on any atom is -0.507 e. The van der Waals surface area contributed by atoms with Gasteiger partial charge in [-0.15, -0.1) is 0 Å². The second-order valence-electron chi connectivity index (χ2n) is 8.97. The molecule has 0 saturated carbocycles. The van der Waals surface area contributed by atoms with Crippen molar-refractivity contribution in [3.8, 4) is 23.0 Å². The number of unbranched alkanes of at least 4 members (excludes halogenated alkanes) is 1. The van der Waals surface area contributed by atoms with Gasteiger partial charge in [-0.25, -0.2) is 0 Å². The Hall–Kier alpha value is -4.53. The van der Waals surface area contributed by atoms with Crippen molar-refractivity contribution in [2.45, 2.75) is 32.4 Å². The summed E-state index contributed by atoms with van der Waals surface area (Å²) in [5.74, 6) is 0.00575. The van der Waals surface area contributed by atoms with E-state index in [1.54, 1.807) is 54.9 Å². The van der Waals surface area contributed by atoms with Gasteiger partial charge in [-0.1, -0.05) is 25.5 Å². The number of hydrogen-bond acceptors (Lipinski definition) is 8. The highest BCUT2D eigenvalue weighted by atomic mass is 16.5. The van der Waals surface area contributed by atoms with E-state index in [0.29, 0.717) is 40.7 Å². The molecule has 1 aliphatic rings. The minimum absolute atomic E-state index is 0.0437. The van der Waals surface area contributed by atoms with Crippen LogP contribution in [0.4, 0.5) is 0 Å². The van der Waals surface area contributed by atoms with Crippen LogP contribution in [0, 0.1) is 0 Å². The van der Waals surface area contributed by atoms with Crippen LogP contribution in [-0.4, -0.2) is 54.6 Å². The molecule has 204 valence electrons. The number of hydrogen-bond donors (Lipinski definition) is 1. The number of likely N-dealkylation sites (tertiary alicyclic amines) is 1. The van der Waals surface area contributed by atoms with E-state index in [4.69, 9.17) is 18.9 Å². The second kappa shape index (κ2) is 12.3.